The van der Waals surface area contributed by atoms with Crippen LogP contribution in [0.2, 0.25) is 0 Å². The highest BCUT2D eigenvalue weighted by Crippen LogP contribution is 2.38. The van der Waals surface area contributed by atoms with Gasteiger partial charge in [-0.15, -0.1) is 0 Å². The summed E-state index contributed by atoms with van der Waals surface area (Å²) < 4.78 is 16.2. The van der Waals surface area contributed by atoms with Gasteiger partial charge in [-0.25, -0.2) is 0 Å². The third-order valence-corrected chi connectivity index (χ3v) is 2.77. The second kappa shape index (κ2) is 2.95. The molecular formula is C8H12O4S. The number of ether oxygens (including phenoxy) is 3. The number of rotatable bonds is 1. The summed E-state index contributed by atoms with van der Waals surface area (Å²) in [7, 11) is 0. The Morgan fingerprint density at radius 1 is 1.38 bits per heavy atom. The van der Waals surface area contributed by atoms with Gasteiger partial charge in [0, 0.05) is 0 Å². The lowest BCUT2D eigenvalue weighted by Crippen LogP contribution is -2.31. The summed E-state index contributed by atoms with van der Waals surface area (Å²) in [4.78, 5) is 10.5. The summed E-state index contributed by atoms with van der Waals surface area (Å²) in [6, 6.07) is 0. The second-order valence-electron chi connectivity index (χ2n) is 3.70. The minimum Gasteiger partial charge on any atom is -0.341 e. The summed E-state index contributed by atoms with van der Waals surface area (Å²) in [6.07, 6.45) is -0.480. The first-order chi connectivity index (χ1) is 6.03. The van der Waals surface area contributed by atoms with Crippen LogP contribution in [-0.4, -0.2) is 35.8 Å². The molecular weight excluding hydrogens is 192 g/mol. The van der Waals surface area contributed by atoms with Crippen LogP contribution in [0.1, 0.15) is 13.8 Å². The number of fused-ring (bicyclic) bond motifs is 1. The molecule has 0 radical (unpaired) electrons. The van der Waals surface area contributed by atoms with Gasteiger partial charge in [-0.05, 0) is 13.8 Å². The van der Waals surface area contributed by atoms with Crippen molar-refractivity contribution in [3.8, 4) is 0 Å². The van der Waals surface area contributed by atoms with Gasteiger partial charge in [0.1, 0.15) is 18.5 Å². The zero-order valence-electron chi connectivity index (χ0n) is 7.47. The van der Waals surface area contributed by atoms with Gasteiger partial charge in [0.15, 0.2) is 12.1 Å². The molecule has 2 heterocycles. The van der Waals surface area contributed by atoms with E-state index in [1.807, 2.05) is 13.8 Å². The highest BCUT2D eigenvalue weighted by Gasteiger charge is 2.53. The Bertz CT molecular complexity index is 230. The van der Waals surface area contributed by atoms with E-state index < -0.39 is 18.2 Å². The number of hydrogen-bond acceptors (Lipinski definition) is 5. The van der Waals surface area contributed by atoms with Crippen molar-refractivity contribution in [2.45, 2.75) is 43.4 Å². The summed E-state index contributed by atoms with van der Waals surface area (Å²) in [5.41, 5.74) is 0. The number of carbonyl (C=O) groups excluding carboxylic acids is 1. The third-order valence-electron chi connectivity index (χ3n) is 2.19. The Kier molecular flexibility index (Phi) is 2.14. The van der Waals surface area contributed by atoms with Gasteiger partial charge in [-0.1, -0.05) is 0 Å². The first kappa shape index (κ1) is 9.45. The predicted molar refractivity (Wildman–Crippen MR) is 47.5 cm³/mol. The number of thiol groups is 1. The summed E-state index contributed by atoms with van der Waals surface area (Å²) in [5.74, 6) is -0.635. The van der Waals surface area contributed by atoms with Gasteiger partial charge in [0.2, 0.25) is 0 Å². The van der Waals surface area contributed by atoms with Crippen LogP contribution in [-0.2, 0) is 19.0 Å². The topological polar surface area (TPSA) is 44.8 Å². The first-order valence-corrected chi connectivity index (χ1v) is 4.69. The van der Waals surface area contributed by atoms with Gasteiger partial charge in [0.05, 0.1) is 5.25 Å². The maximum absolute atomic E-state index is 10.5. The van der Waals surface area contributed by atoms with Crippen LogP contribution in [0.3, 0.4) is 0 Å². The van der Waals surface area contributed by atoms with Crippen LogP contribution >= 0.6 is 12.6 Å². The molecule has 2 saturated heterocycles. The van der Waals surface area contributed by atoms with Crippen molar-refractivity contribution in [3.05, 3.63) is 0 Å². The fraction of sp³-hybridized carbons (Fsp3) is 0.875. The molecule has 0 spiro atoms. The molecule has 0 aromatic heterocycles. The largest absolute Gasteiger partial charge is 0.341 e. The SMILES string of the molecule is CC1(C)O[C@H]2O[C@H](C=O)[C@H](S)[C@H]2O1. The fourth-order valence-corrected chi connectivity index (χ4v) is 1.97. The normalized spacial score (nSPS) is 47.6. The molecule has 4 nitrogen and oxygen atoms in total. The Morgan fingerprint density at radius 2 is 2.08 bits per heavy atom. The molecule has 2 fully saturated rings. The van der Waals surface area contributed by atoms with Crippen molar-refractivity contribution in [3.63, 3.8) is 0 Å². The molecule has 0 aromatic rings. The predicted octanol–water partition coefficient (Wildman–Crippen LogP) is 0.360. The Labute approximate surface area is 81.9 Å². The van der Waals surface area contributed by atoms with Crippen LogP contribution in [0.5, 0.6) is 0 Å². The van der Waals surface area contributed by atoms with E-state index in [9.17, 15) is 4.79 Å². The molecule has 0 aliphatic carbocycles. The standard InChI is InChI=1S/C8H12O4S/c1-8(2)11-5-6(13)4(3-9)10-7(5)12-8/h3-7,13H,1-2H3/t4-,5-,6+,7-/m1/s1. The molecule has 0 amide bonds. The molecule has 2 aliphatic rings. The molecule has 0 saturated carbocycles. The van der Waals surface area contributed by atoms with Crippen molar-refractivity contribution in [1.29, 1.82) is 0 Å². The van der Waals surface area contributed by atoms with Crippen LogP contribution in [0, 0.1) is 0 Å². The second-order valence-corrected chi connectivity index (χ2v) is 4.29. The molecule has 5 heteroatoms. The number of hydrogen-bond donors (Lipinski definition) is 1. The van der Waals surface area contributed by atoms with E-state index in [4.69, 9.17) is 14.2 Å². The van der Waals surface area contributed by atoms with Gasteiger partial charge in [0.25, 0.3) is 0 Å². The van der Waals surface area contributed by atoms with Crippen molar-refractivity contribution >= 4 is 18.9 Å². The monoisotopic (exact) mass is 204 g/mol. The maximum Gasteiger partial charge on any atom is 0.189 e. The molecule has 0 aromatic carbocycles. The van der Waals surface area contributed by atoms with E-state index in [1.165, 1.54) is 0 Å². The van der Waals surface area contributed by atoms with Crippen molar-refractivity contribution in [2.24, 2.45) is 0 Å². The summed E-state index contributed by atoms with van der Waals surface area (Å²) >= 11 is 4.26. The summed E-state index contributed by atoms with van der Waals surface area (Å²) in [5, 5.41) is -0.232. The van der Waals surface area contributed by atoms with E-state index in [0.717, 1.165) is 6.29 Å². The molecule has 13 heavy (non-hydrogen) atoms. The van der Waals surface area contributed by atoms with E-state index in [2.05, 4.69) is 12.6 Å². The highest BCUT2D eigenvalue weighted by molar-refractivity contribution is 7.81. The quantitative estimate of drug-likeness (QED) is 0.495. The van der Waals surface area contributed by atoms with Crippen molar-refractivity contribution in [1.82, 2.24) is 0 Å². The Balaban J connectivity index is 2.11. The lowest BCUT2D eigenvalue weighted by atomic mass is 10.2. The smallest absolute Gasteiger partial charge is 0.189 e. The maximum atomic E-state index is 10.5. The Hall–Kier alpha value is -0.100. The molecule has 2 rings (SSSR count). The van der Waals surface area contributed by atoms with E-state index in [0.29, 0.717) is 0 Å². The van der Waals surface area contributed by atoms with Crippen molar-refractivity contribution < 1.29 is 19.0 Å². The van der Waals surface area contributed by atoms with E-state index in [1.54, 1.807) is 0 Å². The molecule has 0 bridgehead atoms. The molecule has 0 unspecified atom stereocenters. The van der Waals surface area contributed by atoms with Gasteiger partial charge < -0.3 is 19.0 Å². The molecule has 74 valence electrons. The molecule has 4 atom stereocenters. The average molecular weight is 204 g/mol. The molecule has 2 aliphatic heterocycles. The number of carbonyl (C=O) groups is 1. The van der Waals surface area contributed by atoms with Gasteiger partial charge in [-0.3, -0.25) is 0 Å². The Morgan fingerprint density at radius 3 is 2.62 bits per heavy atom. The van der Waals surface area contributed by atoms with Crippen LogP contribution < -0.4 is 0 Å². The lowest BCUT2D eigenvalue weighted by Gasteiger charge is -2.20. The van der Waals surface area contributed by atoms with Crippen LogP contribution in [0.15, 0.2) is 0 Å². The fourth-order valence-electron chi connectivity index (χ4n) is 1.63. The zero-order valence-corrected chi connectivity index (χ0v) is 8.36. The van der Waals surface area contributed by atoms with Crippen LogP contribution in [0.25, 0.3) is 0 Å². The summed E-state index contributed by atoms with van der Waals surface area (Å²) in [6.45, 7) is 3.62. The highest BCUT2D eigenvalue weighted by atomic mass is 32.1. The third kappa shape index (κ3) is 1.50. The van der Waals surface area contributed by atoms with Gasteiger partial charge >= 0.3 is 0 Å². The zero-order chi connectivity index (χ0) is 9.64. The lowest BCUT2D eigenvalue weighted by molar-refractivity contribution is -0.202. The van der Waals surface area contributed by atoms with E-state index in [-0.39, 0.29) is 11.4 Å². The molecule has 0 N–H and O–H groups in total. The first-order valence-electron chi connectivity index (χ1n) is 4.18. The minimum absolute atomic E-state index is 0.232. The van der Waals surface area contributed by atoms with Crippen LogP contribution in [0.4, 0.5) is 0 Å². The van der Waals surface area contributed by atoms with E-state index >= 15 is 0 Å². The number of aldehydes is 1. The van der Waals surface area contributed by atoms with Gasteiger partial charge in [-0.2, -0.15) is 12.6 Å². The average Bonchev–Trinajstić information content (AvgIpc) is 2.47. The minimum atomic E-state index is -0.635. The van der Waals surface area contributed by atoms with Crippen molar-refractivity contribution in [2.75, 3.05) is 0 Å².